The van der Waals surface area contributed by atoms with Gasteiger partial charge in [-0.05, 0) is 23.6 Å². The van der Waals surface area contributed by atoms with Crippen molar-refractivity contribution in [2.45, 2.75) is 12.6 Å². The van der Waals surface area contributed by atoms with E-state index in [0.717, 1.165) is 26.3 Å². The van der Waals surface area contributed by atoms with Crippen LogP contribution in [0, 0.1) is 0 Å². The van der Waals surface area contributed by atoms with Crippen LogP contribution >= 0.6 is 11.3 Å². The highest BCUT2D eigenvalue weighted by Gasteiger charge is 2.24. The quantitative estimate of drug-likeness (QED) is 0.558. The maximum Gasteiger partial charge on any atom is 0.315 e. The predicted molar refractivity (Wildman–Crippen MR) is 104 cm³/mol. The molecule has 1 aliphatic heterocycles. The monoisotopic (exact) mass is 402 g/mol. The number of urea groups is 1. The summed E-state index contributed by atoms with van der Waals surface area (Å²) in [7, 11) is 0. The number of aromatic amines is 1. The molecular weight excluding hydrogens is 380 g/mol. The Balaban J connectivity index is 1.29. The molecule has 0 aliphatic carbocycles. The van der Waals surface area contributed by atoms with Gasteiger partial charge in [-0.15, -0.1) is 16.4 Å². The zero-order valence-electron chi connectivity index (χ0n) is 15.3. The second-order valence-electron chi connectivity index (χ2n) is 6.33. The maximum absolute atomic E-state index is 12.3. The molecule has 1 saturated heterocycles. The number of amides is 2. The van der Waals surface area contributed by atoms with Gasteiger partial charge in [0.25, 0.3) is 0 Å². The third-order valence-electron chi connectivity index (χ3n) is 4.50. The highest BCUT2D eigenvalue weighted by Crippen LogP contribution is 2.25. The number of hydrogen-bond acceptors (Lipinski definition) is 7. The third-order valence-corrected chi connectivity index (χ3v) is 5.48. The number of rotatable bonds is 7. The molecule has 3 aromatic rings. The van der Waals surface area contributed by atoms with Crippen molar-refractivity contribution in [1.82, 2.24) is 30.7 Å². The number of hydrogen-bond donors (Lipinski definition) is 3. The van der Waals surface area contributed by atoms with Gasteiger partial charge in [-0.25, -0.2) is 9.78 Å². The Morgan fingerprint density at radius 1 is 1.29 bits per heavy atom. The summed E-state index contributed by atoms with van der Waals surface area (Å²) in [5.41, 5.74) is 0. The topological polar surface area (TPSA) is 108 Å². The molecule has 0 radical (unpaired) electrons. The fraction of sp³-hybridized carbons (Fsp3) is 0.389. The van der Waals surface area contributed by atoms with Crippen LogP contribution in [0.2, 0.25) is 0 Å². The summed E-state index contributed by atoms with van der Waals surface area (Å²) < 4.78 is 10.7. The number of furan rings is 1. The number of H-pyrrole nitrogens is 1. The summed E-state index contributed by atoms with van der Waals surface area (Å²) in [6, 6.07) is 7.60. The van der Waals surface area contributed by atoms with E-state index < -0.39 is 0 Å². The molecule has 4 heterocycles. The maximum atomic E-state index is 12.3. The van der Waals surface area contributed by atoms with Crippen molar-refractivity contribution in [2.75, 3.05) is 32.8 Å². The highest BCUT2D eigenvalue weighted by atomic mass is 32.1. The van der Waals surface area contributed by atoms with Crippen molar-refractivity contribution in [3.8, 4) is 11.6 Å². The van der Waals surface area contributed by atoms with Crippen molar-refractivity contribution in [2.24, 2.45) is 0 Å². The number of nitrogens with one attached hydrogen (secondary N) is 3. The summed E-state index contributed by atoms with van der Waals surface area (Å²) in [5, 5.41) is 14.7. The first-order valence-corrected chi connectivity index (χ1v) is 9.99. The van der Waals surface area contributed by atoms with Crippen LogP contribution in [0.3, 0.4) is 0 Å². The molecule has 3 aromatic heterocycles. The molecule has 1 unspecified atom stereocenters. The zero-order valence-corrected chi connectivity index (χ0v) is 16.1. The lowest BCUT2D eigenvalue weighted by molar-refractivity contribution is 0.0174. The van der Waals surface area contributed by atoms with Gasteiger partial charge < -0.3 is 19.8 Å². The molecule has 0 spiro atoms. The molecule has 28 heavy (non-hydrogen) atoms. The average Bonchev–Trinajstić information content (AvgIpc) is 3.49. The Labute approximate surface area is 166 Å². The second kappa shape index (κ2) is 9.00. The van der Waals surface area contributed by atoms with E-state index in [9.17, 15) is 4.79 Å². The van der Waals surface area contributed by atoms with Crippen LogP contribution in [-0.2, 0) is 11.3 Å². The predicted octanol–water partition coefficient (Wildman–Crippen LogP) is 2.00. The van der Waals surface area contributed by atoms with E-state index in [0.29, 0.717) is 24.0 Å². The molecule has 1 aliphatic rings. The van der Waals surface area contributed by atoms with E-state index in [-0.39, 0.29) is 18.6 Å². The second-order valence-corrected chi connectivity index (χ2v) is 7.31. The Kier molecular flexibility index (Phi) is 6.00. The van der Waals surface area contributed by atoms with Gasteiger partial charge in [-0.3, -0.25) is 10.00 Å². The molecule has 1 fully saturated rings. The Morgan fingerprint density at radius 2 is 2.18 bits per heavy atom. The molecule has 9 nitrogen and oxygen atoms in total. The first kappa shape index (κ1) is 18.7. The minimum Gasteiger partial charge on any atom is -0.461 e. The molecule has 0 bridgehead atoms. The average molecular weight is 402 g/mol. The van der Waals surface area contributed by atoms with Crippen LogP contribution in [0.4, 0.5) is 4.79 Å². The van der Waals surface area contributed by atoms with Crippen molar-refractivity contribution in [3.05, 3.63) is 46.6 Å². The third kappa shape index (κ3) is 4.58. The van der Waals surface area contributed by atoms with Crippen LogP contribution in [0.5, 0.6) is 0 Å². The molecule has 2 amide bonds. The smallest absolute Gasteiger partial charge is 0.315 e. The number of ether oxygens (including phenoxy) is 1. The van der Waals surface area contributed by atoms with Gasteiger partial charge in [0, 0.05) is 24.5 Å². The first-order chi connectivity index (χ1) is 13.8. The Bertz CT molecular complexity index is 858. The zero-order chi connectivity index (χ0) is 19.2. The fourth-order valence-corrected chi connectivity index (χ4v) is 3.95. The number of aromatic nitrogens is 3. The van der Waals surface area contributed by atoms with E-state index in [1.54, 1.807) is 29.7 Å². The van der Waals surface area contributed by atoms with Crippen LogP contribution in [0.15, 0.2) is 40.3 Å². The lowest BCUT2D eigenvalue weighted by Gasteiger charge is -2.34. The largest absolute Gasteiger partial charge is 0.461 e. The molecule has 148 valence electrons. The van der Waals surface area contributed by atoms with Crippen molar-refractivity contribution in [1.29, 1.82) is 0 Å². The lowest BCUT2D eigenvalue weighted by atomic mass is 10.2. The molecule has 1 atom stereocenters. The van der Waals surface area contributed by atoms with Gasteiger partial charge in [-0.2, -0.15) is 0 Å². The fourth-order valence-electron chi connectivity index (χ4n) is 3.09. The number of nitrogens with zero attached hydrogens (tertiary/aromatic N) is 3. The van der Waals surface area contributed by atoms with Crippen molar-refractivity contribution < 1.29 is 13.9 Å². The van der Waals surface area contributed by atoms with E-state index in [1.807, 2.05) is 6.07 Å². The summed E-state index contributed by atoms with van der Waals surface area (Å²) in [6.45, 7) is 3.94. The van der Waals surface area contributed by atoms with Gasteiger partial charge in [0.2, 0.25) is 5.82 Å². The van der Waals surface area contributed by atoms with Gasteiger partial charge in [0.15, 0.2) is 5.76 Å². The Hall–Kier alpha value is -2.69. The van der Waals surface area contributed by atoms with E-state index in [2.05, 4.69) is 42.2 Å². The molecule has 10 heteroatoms. The number of carbonyl (C=O) groups is 1. The van der Waals surface area contributed by atoms with Gasteiger partial charge >= 0.3 is 6.03 Å². The van der Waals surface area contributed by atoms with Crippen LogP contribution in [0.1, 0.15) is 16.7 Å². The summed E-state index contributed by atoms with van der Waals surface area (Å²) in [5.74, 6) is 1.60. The minimum absolute atomic E-state index is 0.144. The first-order valence-electron chi connectivity index (χ1n) is 9.11. The van der Waals surface area contributed by atoms with Crippen molar-refractivity contribution in [3.63, 3.8) is 0 Å². The minimum atomic E-state index is -0.245. The van der Waals surface area contributed by atoms with E-state index in [4.69, 9.17) is 9.15 Å². The van der Waals surface area contributed by atoms with Crippen LogP contribution in [0.25, 0.3) is 11.6 Å². The number of morpholine rings is 1. The molecule has 0 aromatic carbocycles. The standard InChI is InChI=1S/C18H22N6O3S/c25-18(20-12-16-21-17(23-22-16)14-3-1-7-27-14)19-11-13(15-4-2-10-28-15)24-5-8-26-9-6-24/h1-4,7,10,13H,5-6,8-9,11-12H2,(H2,19,20,25)(H,21,22,23). The molecule has 4 rings (SSSR count). The molecule has 0 saturated carbocycles. The van der Waals surface area contributed by atoms with E-state index in [1.165, 1.54) is 4.88 Å². The van der Waals surface area contributed by atoms with Gasteiger partial charge in [-0.1, -0.05) is 6.07 Å². The Morgan fingerprint density at radius 3 is 2.93 bits per heavy atom. The van der Waals surface area contributed by atoms with Gasteiger partial charge in [0.1, 0.15) is 5.82 Å². The molecular formula is C18H22N6O3S. The van der Waals surface area contributed by atoms with Crippen LogP contribution < -0.4 is 10.6 Å². The van der Waals surface area contributed by atoms with E-state index >= 15 is 0 Å². The lowest BCUT2D eigenvalue weighted by Crippen LogP contribution is -2.45. The van der Waals surface area contributed by atoms with Crippen LogP contribution in [-0.4, -0.2) is 59.0 Å². The van der Waals surface area contributed by atoms with Gasteiger partial charge in [0.05, 0.1) is 32.1 Å². The number of carbonyl (C=O) groups excluding carboxylic acids is 1. The highest BCUT2D eigenvalue weighted by molar-refractivity contribution is 7.10. The SMILES string of the molecule is O=C(NCc1nc(-c2ccco2)n[nH]1)NCC(c1cccs1)N1CCOCC1. The summed E-state index contributed by atoms with van der Waals surface area (Å²) in [4.78, 5) is 20.2. The van der Waals surface area contributed by atoms with Crippen molar-refractivity contribution >= 4 is 17.4 Å². The molecule has 3 N–H and O–H groups in total. The number of thiophene rings is 1. The summed E-state index contributed by atoms with van der Waals surface area (Å²) >= 11 is 1.70. The normalized spacial score (nSPS) is 16.0. The summed E-state index contributed by atoms with van der Waals surface area (Å²) in [6.07, 6.45) is 1.57.